The fraction of sp³-hybridized carbons (Fsp3) is 0.571. The topological polar surface area (TPSA) is 98.1 Å². The second kappa shape index (κ2) is 11.5. The Bertz CT molecular complexity index is 863. The summed E-state index contributed by atoms with van der Waals surface area (Å²) in [4.78, 5) is 7.14. The first-order valence-corrected chi connectivity index (χ1v) is 10.5. The average molecular weight is 432 g/mol. The molecule has 0 amide bonds. The van der Waals surface area contributed by atoms with Crippen LogP contribution in [-0.2, 0) is 24.9 Å². The standard InChI is InChI=1S/C21H33N7O3/c1-16-25-26-20(27(16)2)15-24-21(22-7-8-28-9-11-31-12-10-28)23-14-17-5-6-18(29-3)19(13-17)30-4/h5-6,13H,7-12,14-15H2,1-4H3,(H2,22,23,24). The van der Waals surface area contributed by atoms with Crippen LogP contribution in [0.2, 0.25) is 0 Å². The Balaban J connectivity index is 1.63. The minimum Gasteiger partial charge on any atom is -0.493 e. The van der Waals surface area contributed by atoms with Crippen molar-refractivity contribution in [2.75, 3.05) is 53.6 Å². The Kier molecular flexibility index (Phi) is 8.48. The van der Waals surface area contributed by atoms with Crippen molar-refractivity contribution in [3.05, 3.63) is 35.4 Å². The number of guanidine groups is 1. The number of methoxy groups -OCH3 is 2. The first-order chi connectivity index (χ1) is 15.1. The fourth-order valence-electron chi connectivity index (χ4n) is 3.25. The predicted octanol–water partition coefficient (Wildman–Crippen LogP) is 0.708. The highest BCUT2D eigenvalue weighted by molar-refractivity contribution is 5.79. The molecule has 1 aromatic heterocycles. The summed E-state index contributed by atoms with van der Waals surface area (Å²) in [6.45, 7) is 8.21. The van der Waals surface area contributed by atoms with Gasteiger partial charge in [-0.3, -0.25) is 4.90 Å². The molecule has 1 fully saturated rings. The van der Waals surface area contributed by atoms with Crippen molar-refractivity contribution in [3.63, 3.8) is 0 Å². The lowest BCUT2D eigenvalue weighted by molar-refractivity contribution is 0.0389. The van der Waals surface area contributed by atoms with Gasteiger partial charge in [-0.05, 0) is 24.6 Å². The lowest BCUT2D eigenvalue weighted by Gasteiger charge is -2.26. The summed E-state index contributed by atoms with van der Waals surface area (Å²) in [7, 11) is 5.22. The Labute approximate surface area is 183 Å². The zero-order chi connectivity index (χ0) is 22.1. The van der Waals surface area contributed by atoms with Gasteiger partial charge in [-0.25, -0.2) is 4.99 Å². The number of ether oxygens (including phenoxy) is 3. The number of benzene rings is 1. The van der Waals surface area contributed by atoms with Crippen molar-refractivity contribution in [3.8, 4) is 11.5 Å². The summed E-state index contributed by atoms with van der Waals surface area (Å²) in [5, 5.41) is 15.1. The monoisotopic (exact) mass is 431 g/mol. The van der Waals surface area contributed by atoms with E-state index in [1.54, 1.807) is 14.2 Å². The number of aryl methyl sites for hydroxylation is 1. The zero-order valence-electron chi connectivity index (χ0n) is 18.8. The van der Waals surface area contributed by atoms with Crippen molar-refractivity contribution in [1.29, 1.82) is 0 Å². The van der Waals surface area contributed by atoms with E-state index in [2.05, 4.69) is 25.7 Å². The number of morpholine rings is 1. The summed E-state index contributed by atoms with van der Waals surface area (Å²) >= 11 is 0. The van der Waals surface area contributed by atoms with Gasteiger partial charge in [-0.15, -0.1) is 10.2 Å². The molecule has 10 heteroatoms. The van der Waals surface area contributed by atoms with E-state index in [0.29, 0.717) is 24.6 Å². The molecule has 170 valence electrons. The van der Waals surface area contributed by atoms with Crippen molar-refractivity contribution in [2.45, 2.75) is 20.0 Å². The van der Waals surface area contributed by atoms with Gasteiger partial charge in [-0.2, -0.15) is 0 Å². The van der Waals surface area contributed by atoms with Gasteiger partial charge >= 0.3 is 0 Å². The highest BCUT2D eigenvalue weighted by Crippen LogP contribution is 2.27. The second-order valence-electron chi connectivity index (χ2n) is 7.31. The van der Waals surface area contributed by atoms with Crippen molar-refractivity contribution >= 4 is 5.96 Å². The van der Waals surface area contributed by atoms with Crippen molar-refractivity contribution < 1.29 is 14.2 Å². The number of aromatic nitrogens is 3. The SMILES string of the molecule is COc1ccc(CN=C(NCCN2CCOCC2)NCc2nnc(C)n2C)cc1OC. The molecular weight excluding hydrogens is 398 g/mol. The number of nitrogens with one attached hydrogen (secondary N) is 2. The molecule has 0 radical (unpaired) electrons. The number of hydrogen-bond acceptors (Lipinski definition) is 7. The Morgan fingerprint density at radius 3 is 2.58 bits per heavy atom. The lowest BCUT2D eigenvalue weighted by Crippen LogP contribution is -2.44. The average Bonchev–Trinajstić information content (AvgIpc) is 3.13. The summed E-state index contributed by atoms with van der Waals surface area (Å²) in [5.41, 5.74) is 1.03. The molecule has 3 rings (SSSR count). The van der Waals surface area contributed by atoms with Crippen LogP contribution in [0.15, 0.2) is 23.2 Å². The van der Waals surface area contributed by atoms with Crippen LogP contribution >= 0.6 is 0 Å². The Morgan fingerprint density at radius 2 is 1.90 bits per heavy atom. The molecule has 10 nitrogen and oxygen atoms in total. The molecule has 1 aliphatic heterocycles. The molecule has 0 spiro atoms. The van der Waals surface area contributed by atoms with E-state index < -0.39 is 0 Å². The summed E-state index contributed by atoms with van der Waals surface area (Å²) in [6, 6.07) is 5.83. The van der Waals surface area contributed by atoms with E-state index in [9.17, 15) is 0 Å². The van der Waals surface area contributed by atoms with Crippen LogP contribution in [0.5, 0.6) is 11.5 Å². The minimum absolute atomic E-state index is 0.505. The molecule has 2 aromatic rings. The number of hydrogen-bond donors (Lipinski definition) is 2. The van der Waals surface area contributed by atoms with Crippen molar-refractivity contribution in [1.82, 2.24) is 30.3 Å². The summed E-state index contributed by atoms with van der Waals surface area (Å²) in [5.74, 6) is 3.85. The quantitative estimate of drug-likeness (QED) is 0.443. The van der Waals surface area contributed by atoms with Crippen LogP contribution in [0.4, 0.5) is 0 Å². The van der Waals surface area contributed by atoms with Gasteiger partial charge < -0.3 is 29.4 Å². The minimum atomic E-state index is 0.505. The molecular formula is C21H33N7O3. The molecule has 1 aromatic carbocycles. The third-order valence-electron chi connectivity index (χ3n) is 5.29. The molecule has 31 heavy (non-hydrogen) atoms. The second-order valence-corrected chi connectivity index (χ2v) is 7.31. The van der Waals surface area contributed by atoms with Crippen molar-refractivity contribution in [2.24, 2.45) is 12.0 Å². The van der Waals surface area contributed by atoms with E-state index in [1.165, 1.54) is 0 Å². The first-order valence-electron chi connectivity index (χ1n) is 10.5. The van der Waals surface area contributed by atoms with E-state index in [0.717, 1.165) is 62.6 Å². The smallest absolute Gasteiger partial charge is 0.192 e. The zero-order valence-corrected chi connectivity index (χ0v) is 18.8. The lowest BCUT2D eigenvalue weighted by atomic mass is 10.2. The van der Waals surface area contributed by atoms with E-state index in [4.69, 9.17) is 19.2 Å². The number of rotatable bonds is 9. The molecule has 1 aliphatic rings. The van der Waals surface area contributed by atoms with Gasteiger partial charge in [0.15, 0.2) is 23.3 Å². The van der Waals surface area contributed by atoms with Gasteiger partial charge in [0, 0.05) is 33.2 Å². The maximum atomic E-state index is 5.42. The van der Waals surface area contributed by atoms with E-state index in [-0.39, 0.29) is 0 Å². The largest absolute Gasteiger partial charge is 0.493 e. The number of aliphatic imine (C=N–C) groups is 1. The van der Waals surface area contributed by atoms with Gasteiger partial charge in [0.2, 0.25) is 0 Å². The maximum absolute atomic E-state index is 5.42. The van der Waals surface area contributed by atoms with E-state index >= 15 is 0 Å². The fourth-order valence-corrected chi connectivity index (χ4v) is 3.25. The van der Waals surface area contributed by atoms with Crippen LogP contribution in [-0.4, -0.2) is 79.2 Å². The number of nitrogens with zero attached hydrogens (tertiary/aromatic N) is 5. The summed E-state index contributed by atoms with van der Waals surface area (Å²) in [6.07, 6.45) is 0. The van der Waals surface area contributed by atoms with Gasteiger partial charge in [0.1, 0.15) is 5.82 Å². The van der Waals surface area contributed by atoms with Gasteiger partial charge in [0.05, 0.1) is 40.5 Å². The molecule has 1 saturated heterocycles. The van der Waals surface area contributed by atoms with Crippen LogP contribution in [0.25, 0.3) is 0 Å². The first kappa shape index (κ1) is 22.8. The van der Waals surface area contributed by atoms with Gasteiger partial charge in [0.25, 0.3) is 0 Å². The predicted molar refractivity (Wildman–Crippen MR) is 119 cm³/mol. The molecule has 0 unspecified atom stereocenters. The summed E-state index contributed by atoms with van der Waals surface area (Å²) < 4.78 is 18.1. The third kappa shape index (κ3) is 6.56. The Morgan fingerprint density at radius 1 is 1.13 bits per heavy atom. The molecule has 2 heterocycles. The molecule has 0 bridgehead atoms. The molecule has 0 saturated carbocycles. The third-order valence-corrected chi connectivity index (χ3v) is 5.29. The van der Waals surface area contributed by atoms with Crippen LogP contribution in [0.3, 0.4) is 0 Å². The molecule has 2 N–H and O–H groups in total. The maximum Gasteiger partial charge on any atom is 0.192 e. The highest BCUT2D eigenvalue weighted by Gasteiger charge is 2.11. The highest BCUT2D eigenvalue weighted by atomic mass is 16.5. The van der Waals surface area contributed by atoms with Crippen LogP contribution in [0.1, 0.15) is 17.2 Å². The normalized spacial score (nSPS) is 15.0. The van der Waals surface area contributed by atoms with Crippen LogP contribution in [0, 0.1) is 6.92 Å². The van der Waals surface area contributed by atoms with Gasteiger partial charge in [-0.1, -0.05) is 6.07 Å². The van der Waals surface area contributed by atoms with Crippen LogP contribution < -0.4 is 20.1 Å². The molecule has 0 aliphatic carbocycles. The molecule has 0 atom stereocenters. The Hall–Kier alpha value is -2.85. The van der Waals surface area contributed by atoms with E-state index in [1.807, 2.05) is 36.7 Å².